The normalized spacial score (nSPS) is 15.5. The van der Waals surface area contributed by atoms with Gasteiger partial charge in [0.25, 0.3) is 0 Å². The molecule has 5 nitrogen and oxygen atoms in total. The summed E-state index contributed by atoms with van der Waals surface area (Å²) < 4.78 is 10.9. The highest BCUT2D eigenvalue weighted by molar-refractivity contribution is 5.89. The van der Waals surface area contributed by atoms with Crippen LogP contribution < -0.4 is 15.4 Å². The molecule has 21 heavy (non-hydrogen) atoms. The largest absolute Gasteiger partial charge is 0.494 e. The molecule has 0 unspecified atom stereocenters. The monoisotopic (exact) mass is 292 g/mol. The third kappa shape index (κ3) is 5.63. The van der Waals surface area contributed by atoms with E-state index in [2.05, 4.69) is 17.6 Å². The predicted octanol–water partition coefficient (Wildman–Crippen LogP) is 3.17. The van der Waals surface area contributed by atoms with E-state index in [9.17, 15) is 4.79 Å². The Morgan fingerprint density at radius 3 is 2.67 bits per heavy atom. The number of unbranched alkanes of at least 4 members (excludes halogenated alkanes) is 1. The van der Waals surface area contributed by atoms with Gasteiger partial charge in [0, 0.05) is 24.9 Å². The molecule has 2 amide bonds. The van der Waals surface area contributed by atoms with Crippen LogP contribution in [-0.4, -0.2) is 31.9 Å². The molecule has 0 aliphatic carbocycles. The van der Waals surface area contributed by atoms with Gasteiger partial charge in [0.1, 0.15) is 5.75 Å². The van der Waals surface area contributed by atoms with Crippen molar-refractivity contribution in [2.75, 3.05) is 25.1 Å². The number of nitrogens with one attached hydrogen (secondary N) is 2. The lowest BCUT2D eigenvalue weighted by Crippen LogP contribution is -2.41. The Kier molecular flexibility index (Phi) is 6.34. The van der Waals surface area contributed by atoms with E-state index < -0.39 is 0 Å². The lowest BCUT2D eigenvalue weighted by molar-refractivity contribution is 0.0806. The number of hydrogen-bond acceptors (Lipinski definition) is 3. The molecule has 0 atom stereocenters. The van der Waals surface area contributed by atoms with Gasteiger partial charge in [-0.1, -0.05) is 13.3 Å². The molecule has 1 fully saturated rings. The van der Waals surface area contributed by atoms with Crippen molar-refractivity contribution in [1.82, 2.24) is 5.32 Å². The summed E-state index contributed by atoms with van der Waals surface area (Å²) in [6.07, 6.45) is 3.91. The molecule has 1 aromatic rings. The zero-order chi connectivity index (χ0) is 14.9. The maximum absolute atomic E-state index is 11.9. The van der Waals surface area contributed by atoms with Crippen LogP contribution in [0.2, 0.25) is 0 Å². The first kappa shape index (κ1) is 15.6. The predicted molar refractivity (Wildman–Crippen MR) is 82.8 cm³/mol. The molecule has 116 valence electrons. The summed E-state index contributed by atoms with van der Waals surface area (Å²) >= 11 is 0. The van der Waals surface area contributed by atoms with Crippen LogP contribution in [0.3, 0.4) is 0 Å². The van der Waals surface area contributed by atoms with Gasteiger partial charge in [0.05, 0.1) is 6.61 Å². The summed E-state index contributed by atoms with van der Waals surface area (Å²) in [6, 6.07) is 7.49. The summed E-state index contributed by atoms with van der Waals surface area (Å²) in [6.45, 7) is 4.30. The average molecular weight is 292 g/mol. The number of ether oxygens (including phenoxy) is 2. The summed E-state index contributed by atoms with van der Waals surface area (Å²) in [4.78, 5) is 11.9. The van der Waals surface area contributed by atoms with Crippen LogP contribution in [0.5, 0.6) is 5.75 Å². The maximum Gasteiger partial charge on any atom is 0.319 e. The quantitative estimate of drug-likeness (QED) is 0.792. The van der Waals surface area contributed by atoms with Crippen molar-refractivity contribution in [2.24, 2.45) is 0 Å². The molecule has 0 bridgehead atoms. The number of rotatable bonds is 6. The second-order valence-electron chi connectivity index (χ2n) is 5.21. The third-order valence-corrected chi connectivity index (χ3v) is 3.44. The summed E-state index contributed by atoms with van der Waals surface area (Å²) in [5.41, 5.74) is 0.766. The van der Waals surface area contributed by atoms with Crippen molar-refractivity contribution in [3.8, 4) is 5.75 Å². The van der Waals surface area contributed by atoms with Gasteiger partial charge < -0.3 is 20.1 Å². The van der Waals surface area contributed by atoms with Crippen LogP contribution in [0.15, 0.2) is 24.3 Å². The van der Waals surface area contributed by atoms with Crippen LogP contribution in [0.25, 0.3) is 0 Å². The van der Waals surface area contributed by atoms with Crippen LogP contribution in [0.1, 0.15) is 32.6 Å². The van der Waals surface area contributed by atoms with Gasteiger partial charge >= 0.3 is 6.03 Å². The molecule has 2 rings (SSSR count). The molecular weight excluding hydrogens is 268 g/mol. The van der Waals surface area contributed by atoms with Gasteiger partial charge in [-0.25, -0.2) is 4.79 Å². The van der Waals surface area contributed by atoms with Gasteiger partial charge in [-0.15, -0.1) is 0 Å². The minimum Gasteiger partial charge on any atom is -0.494 e. The number of benzene rings is 1. The first-order valence-corrected chi connectivity index (χ1v) is 7.66. The Bertz CT molecular complexity index is 428. The molecule has 0 radical (unpaired) electrons. The molecule has 1 heterocycles. The first-order valence-electron chi connectivity index (χ1n) is 7.66. The zero-order valence-corrected chi connectivity index (χ0v) is 12.6. The van der Waals surface area contributed by atoms with Crippen molar-refractivity contribution in [3.63, 3.8) is 0 Å². The number of hydrogen-bond donors (Lipinski definition) is 2. The molecule has 0 aromatic heterocycles. The summed E-state index contributed by atoms with van der Waals surface area (Å²) in [5, 5.41) is 5.80. The molecule has 1 aliphatic rings. The number of anilines is 1. The Morgan fingerprint density at radius 1 is 1.29 bits per heavy atom. The lowest BCUT2D eigenvalue weighted by atomic mass is 10.1. The van der Waals surface area contributed by atoms with Gasteiger partial charge in [0.15, 0.2) is 0 Å². The van der Waals surface area contributed by atoms with E-state index in [-0.39, 0.29) is 12.1 Å². The average Bonchev–Trinajstić information content (AvgIpc) is 2.50. The van der Waals surface area contributed by atoms with E-state index in [0.717, 1.165) is 56.9 Å². The maximum atomic E-state index is 11.9. The topological polar surface area (TPSA) is 59.6 Å². The van der Waals surface area contributed by atoms with Crippen LogP contribution in [0.4, 0.5) is 10.5 Å². The van der Waals surface area contributed by atoms with E-state index in [1.54, 1.807) is 0 Å². The second-order valence-corrected chi connectivity index (χ2v) is 5.21. The number of carbonyl (C=O) groups excluding carboxylic acids is 1. The highest BCUT2D eigenvalue weighted by Crippen LogP contribution is 2.16. The van der Waals surface area contributed by atoms with E-state index in [1.807, 2.05) is 24.3 Å². The van der Waals surface area contributed by atoms with Crippen LogP contribution in [0, 0.1) is 0 Å². The molecular formula is C16H24N2O3. The van der Waals surface area contributed by atoms with Gasteiger partial charge in [-0.2, -0.15) is 0 Å². The van der Waals surface area contributed by atoms with Crippen molar-refractivity contribution in [3.05, 3.63) is 24.3 Å². The van der Waals surface area contributed by atoms with E-state index >= 15 is 0 Å². The van der Waals surface area contributed by atoms with Crippen molar-refractivity contribution < 1.29 is 14.3 Å². The Balaban J connectivity index is 1.75. The standard InChI is InChI=1S/C16H24N2O3/c1-2-3-10-21-15-6-4-13(5-7-15)17-16(19)18-14-8-11-20-12-9-14/h4-7,14H,2-3,8-12H2,1H3,(H2,17,18,19). The SMILES string of the molecule is CCCCOc1ccc(NC(=O)NC2CCOCC2)cc1. The molecule has 2 N–H and O–H groups in total. The van der Waals surface area contributed by atoms with Crippen molar-refractivity contribution in [2.45, 2.75) is 38.6 Å². The highest BCUT2D eigenvalue weighted by Gasteiger charge is 2.15. The number of amides is 2. The second kappa shape index (κ2) is 8.52. The fourth-order valence-electron chi connectivity index (χ4n) is 2.16. The van der Waals surface area contributed by atoms with Gasteiger partial charge in [-0.3, -0.25) is 0 Å². The van der Waals surface area contributed by atoms with E-state index in [1.165, 1.54) is 0 Å². The fraction of sp³-hybridized carbons (Fsp3) is 0.562. The van der Waals surface area contributed by atoms with Gasteiger partial charge in [0.2, 0.25) is 0 Å². The Morgan fingerprint density at radius 2 is 2.00 bits per heavy atom. The Hall–Kier alpha value is -1.75. The van der Waals surface area contributed by atoms with Crippen molar-refractivity contribution >= 4 is 11.7 Å². The van der Waals surface area contributed by atoms with Crippen LogP contribution in [-0.2, 0) is 4.74 Å². The molecule has 5 heteroatoms. The van der Waals surface area contributed by atoms with E-state index in [4.69, 9.17) is 9.47 Å². The fourth-order valence-corrected chi connectivity index (χ4v) is 2.16. The van der Waals surface area contributed by atoms with Crippen LogP contribution >= 0.6 is 0 Å². The molecule has 1 aliphatic heterocycles. The molecule has 1 saturated heterocycles. The zero-order valence-electron chi connectivity index (χ0n) is 12.6. The molecule has 0 spiro atoms. The number of urea groups is 1. The minimum absolute atomic E-state index is 0.165. The third-order valence-electron chi connectivity index (χ3n) is 3.44. The molecule has 0 saturated carbocycles. The number of carbonyl (C=O) groups is 1. The van der Waals surface area contributed by atoms with Gasteiger partial charge in [-0.05, 0) is 43.5 Å². The van der Waals surface area contributed by atoms with Crippen molar-refractivity contribution in [1.29, 1.82) is 0 Å². The Labute approximate surface area is 126 Å². The smallest absolute Gasteiger partial charge is 0.319 e. The highest BCUT2D eigenvalue weighted by atomic mass is 16.5. The molecule has 1 aromatic carbocycles. The summed E-state index contributed by atoms with van der Waals surface area (Å²) in [7, 11) is 0. The lowest BCUT2D eigenvalue weighted by Gasteiger charge is -2.23. The minimum atomic E-state index is -0.165. The summed E-state index contributed by atoms with van der Waals surface area (Å²) in [5.74, 6) is 0.832. The van der Waals surface area contributed by atoms with E-state index in [0.29, 0.717) is 0 Å². The first-order chi connectivity index (χ1) is 10.3.